The van der Waals surface area contributed by atoms with Gasteiger partial charge in [-0.25, -0.2) is 9.78 Å². The van der Waals surface area contributed by atoms with Gasteiger partial charge in [-0.2, -0.15) is 4.98 Å². The Hall–Kier alpha value is -2.49. The van der Waals surface area contributed by atoms with Gasteiger partial charge in [-0.3, -0.25) is 9.80 Å². The van der Waals surface area contributed by atoms with Crippen molar-refractivity contribution in [1.82, 2.24) is 14.9 Å². The number of nitrogens with zero attached hydrogens (tertiary/aromatic N) is 5. The number of urea groups is 1. The minimum Gasteiger partial charge on any atom is -0.495 e. The first kappa shape index (κ1) is 27.1. The summed E-state index contributed by atoms with van der Waals surface area (Å²) in [7, 11) is 2.99. The Morgan fingerprint density at radius 1 is 1.09 bits per heavy atom. The highest BCUT2D eigenvalue weighted by atomic mass is 35.5. The molecule has 0 unspecified atom stereocenters. The number of amides is 2. The van der Waals surface area contributed by atoms with Gasteiger partial charge in [-0.1, -0.05) is 37.0 Å². The largest absolute Gasteiger partial charge is 0.495 e. The Labute approximate surface area is 217 Å². The molecular weight excluding hydrogens is 491 g/mol. The van der Waals surface area contributed by atoms with Crippen LogP contribution >= 0.6 is 23.2 Å². The van der Waals surface area contributed by atoms with E-state index in [0.717, 1.165) is 44.6 Å². The molecule has 3 rings (SSSR count). The van der Waals surface area contributed by atoms with E-state index in [9.17, 15) is 4.79 Å². The number of halogens is 2. The molecule has 0 radical (unpaired) electrons. The molecule has 1 aromatic heterocycles. The van der Waals surface area contributed by atoms with E-state index >= 15 is 0 Å². The van der Waals surface area contributed by atoms with E-state index in [4.69, 9.17) is 32.7 Å². The second-order valence-electron chi connectivity index (χ2n) is 8.07. The number of ether oxygens (including phenoxy) is 2. The molecule has 192 valence electrons. The van der Waals surface area contributed by atoms with E-state index in [1.54, 1.807) is 17.2 Å². The lowest BCUT2D eigenvalue weighted by Crippen LogP contribution is -2.48. The molecule has 11 heteroatoms. The first-order valence-corrected chi connectivity index (χ1v) is 12.7. The summed E-state index contributed by atoms with van der Waals surface area (Å²) >= 11 is 13.2. The van der Waals surface area contributed by atoms with Crippen molar-refractivity contribution in [3.05, 3.63) is 27.9 Å². The maximum absolute atomic E-state index is 13.5. The second kappa shape index (κ2) is 12.5. The molecule has 0 saturated carbocycles. The smallest absolute Gasteiger partial charge is 0.330 e. The van der Waals surface area contributed by atoms with Crippen molar-refractivity contribution in [3.63, 3.8) is 0 Å². The number of carbonyl (C=O) groups is 1. The number of hydrogen-bond acceptors (Lipinski definition) is 7. The normalized spacial score (nSPS) is 13.3. The zero-order valence-electron chi connectivity index (χ0n) is 21.0. The lowest BCUT2D eigenvalue weighted by Gasteiger charge is -2.36. The monoisotopic (exact) mass is 524 g/mol. The van der Waals surface area contributed by atoms with Crippen LogP contribution in [0.2, 0.25) is 10.0 Å². The van der Waals surface area contributed by atoms with E-state index in [1.165, 1.54) is 19.1 Å². The quantitative estimate of drug-likeness (QED) is 0.377. The molecule has 1 aromatic carbocycles. The third kappa shape index (κ3) is 5.85. The molecule has 35 heavy (non-hydrogen) atoms. The van der Waals surface area contributed by atoms with Gasteiger partial charge in [0.1, 0.15) is 27.4 Å². The molecule has 2 amide bonds. The predicted octanol–water partition coefficient (Wildman–Crippen LogP) is 5.30. The molecule has 1 aliphatic rings. The standard InChI is InChI=1S/C24H34Cl2N6O3/c1-6-30(7-2)12-10-9-11-27-23-28-14-16-15-32(24(33)31(8-3)22(16)29-23)21-19(25)17(34-4)13-18(35-5)20(21)26/h13-14H,6-12,15H2,1-5H3,(H,27,28,29). The van der Waals surface area contributed by atoms with Crippen molar-refractivity contribution in [2.24, 2.45) is 0 Å². The van der Waals surface area contributed by atoms with Crippen LogP contribution in [0.3, 0.4) is 0 Å². The van der Waals surface area contributed by atoms with Crippen molar-refractivity contribution in [1.29, 1.82) is 0 Å². The van der Waals surface area contributed by atoms with Crippen molar-refractivity contribution >= 4 is 46.7 Å². The predicted molar refractivity (Wildman–Crippen MR) is 142 cm³/mol. The number of carbonyl (C=O) groups excluding carboxylic acids is 1. The van der Waals surface area contributed by atoms with Gasteiger partial charge in [-0.05, 0) is 39.4 Å². The van der Waals surface area contributed by atoms with Crippen LogP contribution in [0.15, 0.2) is 12.3 Å². The summed E-state index contributed by atoms with van der Waals surface area (Å²) in [5.41, 5.74) is 1.11. The molecule has 9 nitrogen and oxygen atoms in total. The summed E-state index contributed by atoms with van der Waals surface area (Å²) in [6.07, 6.45) is 3.84. The van der Waals surface area contributed by atoms with Gasteiger partial charge >= 0.3 is 6.03 Å². The summed E-state index contributed by atoms with van der Waals surface area (Å²) in [4.78, 5) is 28.2. The Morgan fingerprint density at radius 3 is 2.31 bits per heavy atom. The molecule has 0 fully saturated rings. The highest BCUT2D eigenvalue weighted by Gasteiger charge is 2.35. The Balaban J connectivity index is 1.81. The molecule has 2 aromatic rings. The Kier molecular flexibility index (Phi) is 9.65. The molecule has 0 atom stereocenters. The van der Waals surface area contributed by atoms with E-state index in [0.29, 0.717) is 35.5 Å². The van der Waals surface area contributed by atoms with Gasteiger partial charge < -0.3 is 19.7 Å². The van der Waals surface area contributed by atoms with Crippen molar-refractivity contribution in [2.45, 2.75) is 40.2 Å². The van der Waals surface area contributed by atoms with Gasteiger partial charge in [0.25, 0.3) is 0 Å². The number of hydrogen-bond donors (Lipinski definition) is 1. The van der Waals surface area contributed by atoms with E-state index in [2.05, 4.69) is 34.0 Å². The highest BCUT2D eigenvalue weighted by Crippen LogP contribution is 2.47. The summed E-state index contributed by atoms with van der Waals surface area (Å²) in [6.45, 7) is 10.8. The van der Waals surface area contributed by atoms with Gasteiger partial charge in [0.15, 0.2) is 0 Å². The molecule has 2 heterocycles. The second-order valence-corrected chi connectivity index (χ2v) is 8.83. The average molecular weight is 525 g/mol. The maximum atomic E-state index is 13.5. The van der Waals surface area contributed by atoms with Crippen molar-refractivity contribution < 1.29 is 14.3 Å². The zero-order valence-corrected chi connectivity index (χ0v) is 22.5. The summed E-state index contributed by atoms with van der Waals surface area (Å²) in [5.74, 6) is 1.81. The van der Waals surface area contributed by atoms with Crippen molar-refractivity contribution in [3.8, 4) is 11.5 Å². The minimum absolute atomic E-state index is 0.213. The molecule has 1 N–H and O–H groups in total. The summed E-state index contributed by atoms with van der Waals surface area (Å²) < 4.78 is 10.7. The topological polar surface area (TPSA) is 83.1 Å². The van der Waals surface area contributed by atoms with E-state index in [-0.39, 0.29) is 22.6 Å². The molecule has 0 aliphatic carbocycles. The zero-order chi connectivity index (χ0) is 25.5. The minimum atomic E-state index is -0.289. The fraction of sp³-hybridized carbons (Fsp3) is 0.542. The lowest BCUT2D eigenvalue weighted by molar-refractivity contribution is 0.250. The lowest BCUT2D eigenvalue weighted by atomic mass is 10.1. The van der Waals surface area contributed by atoms with Gasteiger partial charge in [0.2, 0.25) is 5.95 Å². The van der Waals surface area contributed by atoms with Crippen LogP contribution in [0.1, 0.15) is 39.2 Å². The van der Waals surface area contributed by atoms with Crippen molar-refractivity contribution in [2.75, 3.05) is 62.1 Å². The third-order valence-electron chi connectivity index (χ3n) is 6.10. The van der Waals surface area contributed by atoms with E-state index < -0.39 is 0 Å². The van der Waals surface area contributed by atoms with Crippen LogP contribution in [-0.4, -0.2) is 67.8 Å². The van der Waals surface area contributed by atoms with Gasteiger partial charge in [0.05, 0.1) is 26.5 Å². The van der Waals surface area contributed by atoms with E-state index in [1.807, 2.05) is 6.92 Å². The molecular formula is C24H34Cl2N6O3. The van der Waals surface area contributed by atoms with Crippen LogP contribution in [0.4, 0.5) is 22.2 Å². The highest BCUT2D eigenvalue weighted by molar-refractivity contribution is 6.42. The number of benzene rings is 1. The maximum Gasteiger partial charge on any atom is 0.330 e. The number of methoxy groups -OCH3 is 2. The van der Waals surface area contributed by atoms with Crippen LogP contribution in [0.5, 0.6) is 11.5 Å². The fourth-order valence-corrected chi connectivity index (χ4v) is 4.78. The Morgan fingerprint density at radius 2 is 1.74 bits per heavy atom. The number of aromatic nitrogens is 2. The first-order chi connectivity index (χ1) is 16.9. The average Bonchev–Trinajstić information content (AvgIpc) is 2.87. The van der Waals surface area contributed by atoms with Crippen LogP contribution in [0, 0.1) is 0 Å². The number of rotatable bonds is 12. The molecule has 0 saturated heterocycles. The molecule has 0 bridgehead atoms. The summed E-state index contributed by atoms with van der Waals surface area (Å²) in [6, 6.07) is 1.31. The number of anilines is 3. The first-order valence-electron chi connectivity index (χ1n) is 11.9. The number of unbranched alkanes of at least 4 members (excludes halogenated alkanes) is 1. The van der Waals surface area contributed by atoms with Crippen LogP contribution in [-0.2, 0) is 6.54 Å². The SMILES string of the molecule is CCN(CC)CCCCNc1ncc2c(n1)N(CC)C(=O)N(c1c(Cl)c(OC)cc(OC)c1Cl)C2. The van der Waals surface area contributed by atoms with Crippen LogP contribution in [0.25, 0.3) is 0 Å². The summed E-state index contributed by atoms with van der Waals surface area (Å²) in [5, 5.41) is 3.75. The molecule has 0 spiro atoms. The fourth-order valence-electron chi connectivity index (χ4n) is 4.07. The molecule has 1 aliphatic heterocycles. The van der Waals surface area contributed by atoms with Gasteiger partial charge in [-0.15, -0.1) is 0 Å². The third-order valence-corrected chi connectivity index (χ3v) is 6.83. The van der Waals surface area contributed by atoms with Crippen LogP contribution < -0.4 is 24.6 Å². The van der Waals surface area contributed by atoms with Gasteiger partial charge in [0, 0.05) is 30.9 Å². The number of fused-ring (bicyclic) bond motifs is 1. The number of nitrogens with one attached hydrogen (secondary N) is 1. The Bertz CT molecular complexity index is 1010.